The molecule has 0 atom stereocenters. The summed E-state index contributed by atoms with van der Waals surface area (Å²) < 4.78 is 68.0. The minimum absolute atomic E-state index is 0.141. The van der Waals surface area contributed by atoms with Crippen LogP contribution in [0, 0.1) is 0 Å². The maximum atomic E-state index is 11.7. The molecule has 21 heteroatoms. The minimum atomic E-state index is -4.03. The molecule has 0 spiro atoms. The van der Waals surface area contributed by atoms with Gasteiger partial charge in [0.1, 0.15) is 0 Å². The van der Waals surface area contributed by atoms with Crippen LogP contribution in [-0.4, -0.2) is 74.1 Å². The van der Waals surface area contributed by atoms with E-state index < -0.39 is 44.5 Å². The number of ketones is 3. The lowest BCUT2D eigenvalue weighted by Crippen LogP contribution is -2.22. The molecule has 0 saturated carbocycles. The van der Waals surface area contributed by atoms with Gasteiger partial charge in [-0.05, 0) is 18.2 Å². The smallest absolute Gasteiger partial charge is 0.361 e. The topological polar surface area (TPSA) is 263 Å². The third-order valence-corrected chi connectivity index (χ3v) is 11.0. The van der Waals surface area contributed by atoms with E-state index in [0.717, 1.165) is 12.2 Å². The second kappa shape index (κ2) is 14.9. The van der Waals surface area contributed by atoms with Crippen molar-refractivity contribution in [2.45, 2.75) is 4.90 Å². The number of fused-ring (bicyclic) bond motifs is 3. The summed E-state index contributed by atoms with van der Waals surface area (Å²) in [5.74, 6) is -1.80. The first-order valence-electron chi connectivity index (χ1n) is 13.4. The van der Waals surface area contributed by atoms with E-state index in [9.17, 15) is 39.6 Å². The third-order valence-electron chi connectivity index (χ3n) is 6.94. The molecule has 0 aromatic heterocycles. The number of carbonyl (C=O) groups is 3. The van der Waals surface area contributed by atoms with Gasteiger partial charge in [0.25, 0.3) is 44.5 Å². The lowest BCUT2D eigenvalue weighted by atomic mass is 9.95. The van der Waals surface area contributed by atoms with Crippen molar-refractivity contribution in [2.75, 3.05) is 0 Å². The van der Waals surface area contributed by atoms with Crippen LogP contribution in [0.5, 0.6) is 0 Å². The van der Waals surface area contributed by atoms with Gasteiger partial charge in [-0.25, -0.2) is 25.3 Å². The molecule has 0 saturated heterocycles. The van der Waals surface area contributed by atoms with Crippen molar-refractivity contribution in [3.05, 3.63) is 135 Å². The van der Waals surface area contributed by atoms with Gasteiger partial charge < -0.3 is 16.6 Å². The van der Waals surface area contributed by atoms with E-state index >= 15 is 0 Å². The van der Waals surface area contributed by atoms with Crippen LogP contribution in [0.2, 0.25) is 0 Å². The van der Waals surface area contributed by atoms with E-state index in [2.05, 4.69) is 14.4 Å². The van der Waals surface area contributed by atoms with E-state index in [1.54, 1.807) is 24.3 Å². The average Bonchev–Trinajstić information content (AvgIpc) is 3.07. The van der Waals surface area contributed by atoms with Crippen LogP contribution in [0.15, 0.2) is 89.9 Å². The maximum absolute atomic E-state index is 11.7. The second-order valence-electron chi connectivity index (χ2n) is 9.91. The number of rotatable bonds is 3. The zero-order valence-electron chi connectivity index (χ0n) is 24.9. The number of hydrogen-bond donors (Lipinski definition) is 0. The van der Waals surface area contributed by atoms with E-state index in [4.69, 9.17) is 48.6 Å². The Kier molecular flexibility index (Phi) is 11.3. The number of allylic oxidation sites excluding steroid dienone is 3. The molecule has 3 aromatic rings. The van der Waals surface area contributed by atoms with Crippen LogP contribution in [0.1, 0.15) is 43.0 Å². The summed E-state index contributed by atoms with van der Waals surface area (Å²) in [5.41, 5.74) is 26.5. The molecule has 0 unspecified atom stereocenters. The molecule has 0 fully saturated rings. The summed E-state index contributed by atoms with van der Waals surface area (Å²) in [6.07, 6.45) is 4.41. The van der Waals surface area contributed by atoms with Gasteiger partial charge in [-0.1, -0.05) is 54.6 Å². The quantitative estimate of drug-likeness (QED) is 0.209. The molecule has 0 bridgehead atoms. The predicted octanol–water partition coefficient (Wildman–Crippen LogP) is 4.16. The zero-order chi connectivity index (χ0) is 37.9. The molecule has 0 heterocycles. The number of carbonyl (C=O) groups excluding carboxylic acids is 3. The van der Waals surface area contributed by atoms with Crippen LogP contribution < -0.4 is 0 Å². The minimum Gasteiger partial charge on any atom is -0.361 e. The van der Waals surface area contributed by atoms with Crippen molar-refractivity contribution >= 4 is 110 Å². The fraction of sp³-hybridized carbons (Fsp3) is 0. The van der Waals surface area contributed by atoms with Crippen molar-refractivity contribution in [1.82, 2.24) is 0 Å². The van der Waals surface area contributed by atoms with Crippen molar-refractivity contribution in [3.8, 4) is 0 Å². The van der Waals surface area contributed by atoms with Crippen LogP contribution >= 0.6 is 32.0 Å². The molecular formula is C30H15Cl3N6O9S3. The molecule has 0 N–H and O–H groups in total. The molecular weight excluding hydrogens is 791 g/mol. The van der Waals surface area contributed by atoms with Gasteiger partial charge in [-0.15, -0.1) is 0 Å². The molecule has 6 rings (SSSR count). The van der Waals surface area contributed by atoms with Gasteiger partial charge in [-0.2, -0.15) is 14.4 Å². The number of benzene rings is 3. The fourth-order valence-electron chi connectivity index (χ4n) is 4.77. The van der Waals surface area contributed by atoms with E-state index in [-0.39, 0.29) is 65.2 Å². The molecule has 3 aliphatic carbocycles. The maximum Gasteiger partial charge on any atom is 0.369 e. The summed E-state index contributed by atoms with van der Waals surface area (Å²) in [6.45, 7) is 0. The Morgan fingerprint density at radius 3 is 1.47 bits per heavy atom. The van der Waals surface area contributed by atoms with Crippen molar-refractivity contribution in [2.24, 2.45) is 0 Å². The number of halogens is 3. The van der Waals surface area contributed by atoms with Crippen molar-refractivity contribution in [1.29, 1.82) is 0 Å². The number of nitrogens with zero attached hydrogens (tertiary/aromatic N) is 6. The lowest BCUT2D eigenvalue weighted by molar-refractivity contribution is -0.112. The monoisotopic (exact) mass is 804 g/mol. The van der Waals surface area contributed by atoms with Gasteiger partial charge in [0.05, 0.1) is 26.3 Å². The summed E-state index contributed by atoms with van der Waals surface area (Å²) in [6, 6.07) is 16.4. The largest absolute Gasteiger partial charge is 0.369 e. The molecule has 0 aliphatic heterocycles. The highest BCUT2D eigenvalue weighted by molar-refractivity contribution is 8.21. The Bertz CT molecular complexity index is 2690. The van der Waals surface area contributed by atoms with E-state index in [1.165, 1.54) is 54.6 Å². The summed E-state index contributed by atoms with van der Waals surface area (Å²) >= 11 is 0. The molecule has 0 amide bonds. The number of Topliss-reactive ketones (excluding diaryl/α,β-unsaturated/α-hetero) is 2. The van der Waals surface area contributed by atoms with Gasteiger partial charge >= 0.3 is 17.1 Å². The molecule has 3 aromatic carbocycles. The summed E-state index contributed by atoms with van der Waals surface area (Å²) in [4.78, 5) is 42.8. The Balaban J connectivity index is 0.000000172. The molecule has 3 aliphatic rings. The zero-order valence-corrected chi connectivity index (χ0v) is 29.6. The molecule has 15 nitrogen and oxygen atoms in total. The standard InChI is InChI=1S/3C10H5ClN2O3S/c11-17(15,16)9-3-1-2-7-6(9)4-5-8(13-12)10(7)14;11-17(15,16)9-5-8(14)10(13-12)7-4-2-1-3-6(7)9;11-17(15,16)9-5-8(13-12)10(14)7-4-2-1-3-6(7)9/h3*1-5H. The Labute approximate surface area is 301 Å². The fourth-order valence-corrected chi connectivity index (χ4v) is 8.00. The van der Waals surface area contributed by atoms with Crippen LogP contribution in [0.25, 0.3) is 32.5 Å². The summed E-state index contributed by atoms with van der Waals surface area (Å²) in [7, 11) is 3.80. The SMILES string of the molecule is [N-]=[N+]=C1C(=O)C=C(S(=O)(=O)Cl)c2ccccc21.[N-]=[N+]=C1C=C(S(=O)(=O)Cl)c2ccccc2C1=O.[N-]=[N+]=C1C=Cc2c(cccc2S(=O)(=O)Cl)C1=O. The van der Waals surface area contributed by atoms with E-state index in [0.29, 0.717) is 0 Å². The van der Waals surface area contributed by atoms with Crippen LogP contribution in [0.3, 0.4) is 0 Å². The predicted molar refractivity (Wildman–Crippen MR) is 186 cm³/mol. The third kappa shape index (κ3) is 8.22. The first-order chi connectivity index (χ1) is 23.8. The van der Waals surface area contributed by atoms with Gasteiger partial charge in [0, 0.05) is 72.0 Å². The normalized spacial score (nSPS) is 14.8. The Hall–Kier alpha value is -5.25. The first kappa shape index (κ1) is 38.6. The highest BCUT2D eigenvalue weighted by atomic mass is 35.7. The average molecular weight is 806 g/mol. The van der Waals surface area contributed by atoms with Gasteiger partial charge in [0.2, 0.25) is 0 Å². The van der Waals surface area contributed by atoms with Crippen molar-refractivity contribution in [3.63, 3.8) is 0 Å². The van der Waals surface area contributed by atoms with Gasteiger partial charge in [-0.3, -0.25) is 14.4 Å². The molecule has 258 valence electrons. The first-order valence-corrected chi connectivity index (χ1v) is 20.4. The highest BCUT2D eigenvalue weighted by Gasteiger charge is 2.35. The molecule has 51 heavy (non-hydrogen) atoms. The highest BCUT2D eigenvalue weighted by Crippen LogP contribution is 2.32. The Morgan fingerprint density at radius 2 is 0.961 bits per heavy atom. The van der Waals surface area contributed by atoms with Gasteiger partial charge in [0.15, 0.2) is 0 Å². The Morgan fingerprint density at radius 1 is 0.490 bits per heavy atom. The molecule has 0 radical (unpaired) electrons. The van der Waals surface area contributed by atoms with Crippen molar-refractivity contribution < 1.29 is 54.0 Å². The number of hydrogen-bond acceptors (Lipinski definition) is 9. The van der Waals surface area contributed by atoms with Crippen LogP contribution in [-0.2, 0) is 31.9 Å². The van der Waals surface area contributed by atoms with E-state index in [1.807, 2.05) is 0 Å². The second-order valence-corrected chi connectivity index (χ2v) is 17.5. The lowest BCUT2D eigenvalue weighted by Gasteiger charge is -2.11. The summed E-state index contributed by atoms with van der Waals surface area (Å²) in [5, 5.41) is 0. The van der Waals surface area contributed by atoms with Crippen LogP contribution in [0.4, 0.5) is 0 Å².